The molecule has 2 unspecified atom stereocenters. The molecule has 0 N–H and O–H groups in total. The van der Waals surface area contributed by atoms with E-state index in [1.807, 2.05) is 18.2 Å². The number of hydrogen-bond donors (Lipinski definition) is 0. The van der Waals surface area contributed by atoms with Crippen LogP contribution in [0.4, 0.5) is 4.39 Å². The predicted molar refractivity (Wildman–Crippen MR) is 119 cm³/mol. The van der Waals surface area contributed by atoms with Crippen LogP contribution in [0, 0.1) is 34.5 Å². The van der Waals surface area contributed by atoms with Crippen molar-refractivity contribution in [1.29, 1.82) is 0 Å². The average molecular weight is 443 g/mol. The summed E-state index contributed by atoms with van der Waals surface area (Å²) in [5.41, 5.74) is -0.316. The fourth-order valence-electron chi connectivity index (χ4n) is 7.80. The van der Waals surface area contributed by atoms with E-state index in [0.717, 1.165) is 43.6 Å². The highest BCUT2D eigenvalue weighted by molar-refractivity contribution is 8.13. The van der Waals surface area contributed by atoms with Gasteiger partial charge in [0, 0.05) is 30.6 Å². The van der Waals surface area contributed by atoms with Crippen molar-refractivity contribution in [2.45, 2.75) is 63.4 Å². The molecule has 6 heteroatoms. The van der Waals surface area contributed by atoms with Crippen molar-refractivity contribution in [2.75, 3.05) is 7.05 Å². The Balaban J connectivity index is 1.40. The van der Waals surface area contributed by atoms with Crippen molar-refractivity contribution in [3.8, 4) is 0 Å². The smallest absolute Gasteiger partial charge is 0.282 e. The third-order valence-electron chi connectivity index (χ3n) is 9.28. The summed E-state index contributed by atoms with van der Waals surface area (Å²) in [4.78, 5) is 31.5. The molecule has 0 bridgehead atoms. The van der Waals surface area contributed by atoms with Gasteiger partial charge in [0.25, 0.3) is 5.91 Å². The van der Waals surface area contributed by atoms with Crippen molar-refractivity contribution >= 4 is 22.8 Å². The fraction of sp³-hybridized carbons (Fsp3) is 0.640. The SMILES string of the molecule is CN1C(=O)C(F)=C[C@]2(C)C3CC[C@]4(C)[C@@H](C(=O)Sc5ccccn5)CC[C@H]4C3CC[C@@H]12. The van der Waals surface area contributed by atoms with Crippen LogP contribution in [0.1, 0.15) is 52.4 Å². The van der Waals surface area contributed by atoms with Crippen molar-refractivity contribution in [1.82, 2.24) is 9.88 Å². The summed E-state index contributed by atoms with van der Waals surface area (Å²) >= 11 is 1.29. The summed E-state index contributed by atoms with van der Waals surface area (Å²) in [6.07, 6.45) is 9.35. The molecule has 0 radical (unpaired) electrons. The molecule has 1 amide bonds. The van der Waals surface area contributed by atoms with Crippen LogP contribution in [0.15, 0.2) is 41.3 Å². The lowest BCUT2D eigenvalue weighted by molar-refractivity contribution is -0.143. The monoisotopic (exact) mass is 442 g/mol. The number of nitrogens with zero attached hydrogens (tertiary/aromatic N) is 2. The Morgan fingerprint density at radius 1 is 1.16 bits per heavy atom. The number of halogens is 1. The minimum Gasteiger partial charge on any atom is -0.336 e. The van der Waals surface area contributed by atoms with Gasteiger partial charge >= 0.3 is 0 Å². The Hall–Kier alpha value is -1.69. The third-order valence-corrected chi connectivity index (χ3v) is 10.2. The zero-order valence-corrected chi connectivity index (χ0v) is 19.3. The Kier molecular flexibility index (Phi) is 5.07. The molecule has 3 aliphatic carbocycles. The zero-order chi connectivity index (χ0) is 22.0. The van der Waals surface area contributed by atoms with Gasteiger partial charge in [-0.1, -0.05) is 19.9 Å². The largest absolute Gasteiger partial charge is 0.336 e. The number of rotatable bonds is 2. The predicted octanol–water partition coefficient (Wildman–Crippen LogP) is 5.25. The van der Waals surface area contributed by atoms with Gasteiger partial charge in [-0.2, -0.15) is 0 Å². The highest BCUT2D eigenvalue weighted by Gasteiger charge is 2.62. The summed E-state index contributed by atoms with van der Waals surface area (Å²) < 4.78 is 14.5. The molecule has 1 aliphatic heterocycles. The van der Waals surface area contributed by atoms with Crippen molar-refractivity contribution < 1.29 is 14.0 Å². The molecule has 3 fully saturated rings. The van der Waals surface area contributed by atoms with Gasteiger partial charge in [-0.05, 0) is 91.7 Å². The average Bonchev–Trinajstić information content (AvgIpc) is 3.10. The first-order chi connectivity index (χ1) is 14.8. The molecule has 0 saturated heterocycles. The second-order valence-electron chi connectivity index (χ2n) is 10.5. The zero-order valence-electron chi connectivity index (χ0n) is 18.5. The number of aromatic nitrogens is 1. The summed E-state index contributed by atoms with van der Waals surface area (Å²) in [5.74, 6) is 0.327. The normalized spacial score (nSPS) is 41.8. The van der Waals surface area contributed by atoms with E-state index in [1.165, 1.54) is 11.8 Å². The van der Waals surface area contributed by atoms with E-state index >= 15 is 0 Å². The van der Waals surface area contributed by atoms with E-state index in [9.17, 15) is 14.0 Å². The fourth-order valence-corrected chi connectivity index (χ4v) is 8.79. The Bertz CT molecular complexity index is 937. The highest BCUT2D eigenvalue weighted by Crippen LogP contribution is 2.66. The van der Waals surface area contributed by atoms with Gasteiger partial charge in [0.15, 0.2) is 10.9 Å². The van der Waals surface area contributed by atoms with E-state index in [4.69, 9.17) is 0 Å². The van der Waals surface area contributed by atoms with Crippen LogP contribution in [0.3, 0.4) is 0 Å². The van der Waals surface area contributed by atoms with Crippen LogP contribution >= 0.6 is 11.8 Å². The molecule has 166 valence electrons. The maximum absolute atomic E-state index is 14.5. The minimum absolute atomic E-state index is 0.00186. The highest BCUT2D eigenvalue weighted by atomic mass is 32.2. The first-order valence-corrected chi connectivity index (χ1v) is 12.4. The number of fused-ring (bicyclic) bond motifs is 5. The molecule has 5 rings (SSSR count). The summed E-state index contributed by atoms with van der Waals surface area (Å²) in [7, 11) is 1.75. The molecule has 7 atom stereocenters. The molecule has 4 nitrogen and oxygen atoms in total. The van der Waals surface area contributed by atoms with Gasteiger partial charge in [0.05, 0.1) is 0 Å². The second kappa shape index (κ2) is 7.43. The standard InChI is InChI=1S/C25H31FN2O2S/c1-24-12-11-17-15(7-10-20-25(17,2)14-19(26)22(29)28(20)3)16(24)8-9-18(24)23(30)31-21-6-4-5-13-27-21/h4-6,13-18,20H,7-12H2,1-3H3/t15?,16-,17?,18+,20+,24-,25+/m0/s1. The lowest BCUT2D eigenvalue weighted by Crippen LogP contribution is -2.60. The topological polar surface area (TPSA) is 50.3 Å². The Morgan fingerprint density at radius 3 is 2.71 bits per heavy atom. The Labute approximate surface area is 188 Å². The minimum atomic E-state index is -0.596. The second-order valence-corrected chi connectivity index (χ2v) is 11.5. The number of thioether (sulfide) groups is 1. The molecule has 3 saturated carbocycles. The maximum Gasteiger partial charge on any atom is 0.282 e. The molecule has 0 aromatic carbocycles. The van der Waals surface area contributed by atoms with Gasteiger partial charge in [-0.3, -0.25) is 9.59 Å². The van der Waals surface area contributed by atoms with E-state index < -0.39 is 11.7 Å². The summed E-state index contributed by atoms with van der Waals surface area (Å²) in [6.45, 7) is 4.48. The molecule has 2 heterocycles. The van der Waals surface area contributed by atoms with Gasteiger partial charge < -0.3 is 4.90 Å². The Morgan fingerprint density at radius 2 is 1.97 bits per heavy atom. The van der Waals surface area contributed by atoms with Crippen molar-refractivity contribution in [3.63, 3.8) is 0 Å². The number of hydrogen-bond acceptors (Lipinski definition) is 4. The van der Waals surface area contributed by atoms with E-state index in [-0.39, 0.29) is 27.9 Å². The molecule has 1 aromatic rings. The van der Waals surface area contributed by atoms with Gasteiger partial charge in [-0.25, -0.2) is 9.37 Å². The molecule has 0 spiro atoms. The number of carbonyl (C=O) groups is 2. The molecule has 4 aliphatic rings. The number of likely N-dealkylation sites (N-methyl/N-ethyl adjacent to an activating group) is 1. The molecular weight excluding hydrogens is 411 g/mol. The summed E-state index contributed by atoms with van der Waals surface area (Å²) in [6, 6.07) is 5.76. The number of carbonyl (C=O) groups excluding carboxylic acids is 2. The van der Waals surface area contributed by atoms with E-state index in [2.05, 4.69) is 18.8 Å². The van der Waals surface area contributed by atoms with Crippen LogP contribution in [0.2, 0.25) is 0 Å². The van der Waals surface area contributed by atoms with Crippen LogP contribution < -0.4 is 0 Å². The lowest BCUT2D eigenvalue weighted by atomic mass is 9.47. The van der Waals surface area contributed by atoms with Gasteiger partial charge in [0.2, 0.25) is 0 Å². The van der Waals surface area contributed by atoms with Crippen LogP contribution in [-0.2, 0) is 9.59 Å². The summed E-state index contributed by atoms with van der Waals surface area (Å²) in [5, 5.41) is 1.02. The van der Waals surface area contributed by atoms with Gasteiger partial charge in [0.1, 0.15) is 5.03 Å². The van der Waals surface area contributed by atoms with Crippen LogP contribution in [-0.4, -0.2) is 34.0 Å². The van der Waals surface area contributed by atoms with Crippen LogP contribution in [0.25, 0.3) is 0 Å². The van der Waals surface area contributed by atoms with Crippen molar-refractivity contribution in [3.05, 3.63) is 36.3 Å². The quantitative estimate of drug-likeness (QED) is 0.587. The van der Waals surface area contributed by atoms with Crippen LogP contribution in [0.5, 0.6) is 0 Å². The van der Waals surface area contributed by atoms with E-state index in [0.29, 0.717) is 17.8 Å². The number of pyridine rings is 1. The molecular formula is C25H31FN2O2S. The first kappa shape index (κ1) is 21.2. The molecule has 1 aromatic heterocycles. The van der Waals surface area contributed by atoms with E-state index in [1.54, 1.807) is 24.2 Å². The van der Waals surface area contributed by atoms with Gasteiger partial charge in [-0.15, -0.1) is 0 Å². The lowest BCUT2D eigenvalue weighted by Gasteiger charge is -2.60. The maximum atomic E-state index is 14.5. The number of amides is 1. The molecule has 31 heavy (non-hydrogen) atoms. The van der Waals surface area contributed by atoms with Crippen molar-refractivity contribution in [2.24, 2.45) is 34.5 Å². The first-order valence-electron chi connectivity index (χ1n) is 11.5. The third kappa shape index (κ3) is 3.12.